The number of rotatable bonds is 2. The van der Waals surface area contributed by atoms with Gasteiger partial charge in [-0.25, -0.2) is 0 Å². The minimum atomic E-state index is 0.00463. The van der Waals surface area contributed by atoms with E-state index in [1.807, 2.05) is 0 Å². The smallest absolute Gasteiger partial charge is 0.136 e. The molecule has 0 rings (SSSR count). The van der Waals surface area contributed by atoms with Gasteiger partial charge in [0.25, 0.3) is 0 Å². The van der Waals surface area contributed by atoms with Gasteiger partial charge in [-0.15, -0.1) is 0 Å². The van der Waals surface area contributed by atoms with Crippen molar-refractivity contribution < 1.29 is 4.79 Å². The molecule has 0 saturated heterocycles. The van der Waals surface area contributed by atoms with E-state index in [4.69, 9.17) is 0 Å². The van der Waals surface area contributed by atoms with Gasteiger partial charge in [0.1, 0.15) is 6.29 Å². The van der Waals surface area contributed by atoms with Gasteiger partial charge in [0, 0.05) is 0 Å². The Balaban J connectivity index is 0. The molecule has 1 unspecified atom stereocenters. The number of likely N-dealkylation sites (N-methyl/N-ethyl adjacent to an activating group) is 1. The normalized spacial score (nSPS) is 11.0. The summed E-state index contributed by atoms with van der Waals surface area (Å²) in [6.45, 7) is 1.80. The topological polar surface area (TPSA) is 55.1 Å². The molecule has 50 valence electrons. The average Bonchev–Trinajstić information content (AvgIpc) is 1.91. The van der Waals surface area contributed by atoms with Crippen LogP contribution in [0.2, 0.25) is 0 Å². The summed E-state index contributed by atoms with van der Waals surface area (Å²) in [4.78, 5) is 9.67. The summed E-state index contributed by atoms with van der Waals surface area (Å²) in [5.41, 5.74) is 4.50. The fraction of sp³-hybridized carbons (Fsp3) is 0.800. The summed E-state index contributed by atoms with van der Waals surface area (Å²) in [6.07, 6.45) is 0.861. The van der Waals surface area contributed by atoms with Crippen molar-refractivity contribution in [3.05, 3.63) is 0 Å². The van der Waals surface area contributed by atoms with Gasteiger partial charge in [-0.2, -0.15) is 0 Å². The monoisotopic (exact) mass is 118 g/mol. The predicted molar refractivity (Wildman–Crippen MR) is 34.7 cm³/mol. The Hall–Kier alpha value is -0.410. The fourth-order valence-electron chi connectivity index (χ4n) is 0.0680. The van der Waals surface area contributed by atoms with Crippen LogP contribution in [0.3, 0.4) is 0 Å². The molecule has 0 aliphatic heterocycles. The summed E-state index contributed by atoms with van der Waals surface area (Å²) in [5, 5.41) is 2.75. The molecule has 0 aliphatic carbocycles. The quantitative estimate of drug-likeness (QED) is 0.474. The molecule has 0 saturated carbocycles. The molecule has 0 fully saturated rings. The van der Waals surface area contributed by atoms with Crippen LogP contribution in [-0.4, -0.2) is 26.4 Å². The maximum atomic E-state index is 9.67. The van der Waals surface area contributed by atoms with Crippen LogP contribution in [0.5, 0.6) is 0 Å². The van der Waals surface area contributed by atoms with E-state index in [2.05, 4.69) is 11.1 Å². The largest absolute Gasteiger partial charge is 0.333 e. The Bertz CT molecular complexity index is 47.7. The third kappa shape index (κ3) is 9.14. The summed E-state index contributed by atoms with van der Waals surface area (Å²) in [5.74, 6) is 0. The highest BCUT2D eigenvalue weighted by Gasteiger charge is 1.86. The molecule has 0 heterocycles. The van der Waals surface area contributed by atoms with Gasteiger partial charge < -0.3 is 15.8 Å². The lowest BCUT2D eigenvalue weighted by atomic mass is 10.4. The van der Waals surface area contributed by atoms with E-state index in [1.54, 1.807) is 14.0 Å². The number of carbonyl (C=O) groups excluding carboxylic acids is 1. The lowest BCUT2D eigenvalue weighted by Gasteiger charge is -1.94. The van der Waals surface area contributed by atoms with Crippen molar-refractivity contribution in [3.63, 3.8) is 0 Å². The van der Waals surface area contributed by atoms with Crippen molar-refractivity contribution >= 4 is 6.29 Å². The first-order chi connectivity index (χ1) is 3.81. The van der Waals surface area contributed by atoms with Crippen LogP contribution in [0.25, 0.3) is 0 Å². The molecule has 8 heavy (non-hydrogen) atoms. The maximum absolute atomic E-state index is 9.67. The highest BCUT2D eigenvalue weighted by atomic mass is 16.1. The lowest BCUT2D eigenvalue weighted by Crippen LogP contribution is -2.21. The molecule has 0 aromatic heterocycles. The molecule has 1 atom stereocenters. The van der Waals surface area contributed by atoms with Gasteiger partial charge in [-0.3, -0.25) is 0 Å². The predicted octanol–water partition coefficient (Wildman–Crippen LogP) is -0.632. The van der Waals surface area contributed by atoms with Gasteiger partial charge in [-0.05, 0) is 21.0 Å². The molecule has 0 bridgehead atoms. The van der Waals surface area contributed by atoms with Crippen LogP contribution in [0.15, 0.2) is 0 Å². The molecule has 3 N–H and O–H groups in total. The van der Waals surface area contributed by atoms with E-state index in [-0.39, 0.29) is 6.04 Å². The number of hydrogen-bond acceptors (Lipinski definition) is 3. The fourth-order valence-corrected chi connectivity index (χ4v) is 0.0680. The van der Waals surface area contributed by atoms with Gasteiger partial charge in [0.05, 0.1) is 6.04 Å². The van der Waals surface area contributed by atoms with Gasteiger partial charge in [0.2, 0.25) is 0 Å². The average molecular weight is 118 g/mol. The van der Waals surface area contributed by atoms with Crippen LogP contribution in [-0.2, 0) is 4.79 Å². The molecule has 0 radical (unpaired) electrons. The van der Waals surface area contributed by atoms with Gasteiger partial charge >= 0.3 is 0 Å². The molecular formula is C5H14N2O. The molecule has 0 amide bonds. The van der Waals surface area contributed by atoms with Crippen LogP contribution >= 0.6 is 0 Å². The van der Waals surface area contributed by atoms with Crippen molar-refractivity contribution in [2.45, 2.75) is 13.0 Å². The molecule has 0 spiro atoms. The summed E-state index contributed by atoms with van der Waals surface area (Å²) < 4.78 is 0. The third-order valence-corrected chi connectivity index (χ3v) is 0.659. The van der Waals surface area contributed by atoms with Crippen molar-refractivity contribution in [2.24, 2.45) is 5.73 Å². The van der Waals surface area contributed by atoms with E-state index in [0.717, 1.165) is 6.29 Å². The number of nitrogens with two attached hydrogens (primary N) is 1. The minimum absolute atomic E-state index is 0.00463. The Kier molecular flexibility index (Phi) is 12.9. The van der Waals surface area contributed by atoms with Crippen molar-refractivity contribution in [2.75, 3.05) is 14.1 Å². The summed E-state index contributed by atoms with van der Waals surface area (Å²) in [6, 6.07) is 0.00463. The number of aldehydes is 1. The van der Waals surface area contributed by atoms with Gasteiger partial charge in [0.15, 0.2) is 0 Å². The number of nitrogens with one attached hydrogen (secondary N) is 1. The molecule has 3 heteroatoms. The molecule has 0 aliphatic rings. The minimum Gasteiger partial charge on any atom is -0.333 e. The zero-order chi connectivity index (χ0) is 6.99. The van der Waals surface area contributed by atoms with Crippen LogP contribution in [0.1, 0.15) is 6.92 Å². The lowest BCUT2D eigenvalue weighted by molar-refractivity contribution is -0.109. The standard InChI is InChI=1S/C4H9NO.CH5N/c1-4(3-6)5-2;1-2/h3-5H,1-2H3;2H2,1H3. The van der Waals surface area contributed by atoms with E-state index in [1.165, 1.54) is 7.05 Å². The van der Waals surface area contributed by atoms with Gasteiger partial charge in [-0.1, -0.05) is 0 Å². The van der Waals surface area contributed by atoms with Crippen molar-refractivity contribution in [1.29, 1.82) is 0 Å². The zero-order valence-electron chi connectivity index (χ0n) is 5.64. The Morgan fingerprint density at radius 1 is 1.62 bits per heavy atom. The second-order valence-electron chi connectivity index (χ2n) is 1.21. The first-order valence-corrected chi connectivity index (χ1v) is 2.51. The molecule has 3 nitrogen and oxygen atoms in total. The first kappa shape index (κ1) is 10.5. The molecule has 0 aromatic carbocycles. The zero-order valence-corrected chi connectivity index (χ0v) is 5.64. The van der Waals surface area contributed by atoms with E-state index in [0.29, 0.717) is 0 Å². The van der Waals surface area contributed by atoms with Crippen LogP contribution in [0.4, 0.5) is 0 Å². The Morgan fingerprint density at radius 2 is 2.00 bits per heavy atom. The number of carbonyl (C=O) groups is 1. The highest BCUT2D eigenvalue weighted by Crippen LogP contribution is 1.64. The molecule has 0 aromatic rings. The van der Waals surface area contributed by atoms with Crippen LogP contribution < -0.4 is 11.1 Å². The van der Waals surface area contributed by atoms with Crippen LogP contribution in [0, 0.1) is 0 Å². The molecular weight excluding hydrogens is 104 g/mol. The summed E-state index contributed by atoms with van der Waals surface area (Å²) >= 11 is 0. The maximum Gasteiger partial charge on any atom is 0.136 e. The van der Waals surface area contributed by atoms with Crippen molar-refractivity contribution in [3.8, 4) is 0 Å². The van der Waals surface area contributed by atoms with E-state index >= 15 is 0 Å². The SMILES string of the molecule is CN.CNC(C)C=O. The van der Waals surface area contributed by atoms with E-state index in [9.17, 15) is 4.79 Å². The highest BCUT2D eigenvalue weighted by molar-refractivity contribution is 5.56. The Labute approximate surface area is 50.3 Å². The second kappa shape index (κ2) is 9.77. The summed E-state index contributed by atoms with van der Waals surface area (Å²) in [7, 11) is 3.25. The van der Waals surface area contributed by atoms with E-state index < -0.39 is 0 Å². The second-order valence-corrected chi connectivity index (χ2v) is 1.21. The Morgan fingerprint density at radius 3 is 2.00 bits per heavy atom. The third-order valence-electron chi connectivity index (χ3n) is 0.659. The van der Waals surface area contributed by atoms with Crippen molar-refractivity contribution in [1.82, 2.24) is 5.32 Å². The first-order valence-electron chi connectivity index (χ1n) is 2.51. The number of hydrogen-bond donors (Lipinski definition) is 2.